The van der Waals surface area contributed by atoms with E-state index in [1.165, 1.54) is 12.1 Å². The summed E-state index contributed by atoms with van der Waals surface area (Å²) in [6, 6.07) is 9.23. The van der Waals surface area contributed by atoms with E-state index in [-0.39, 0.29) is 23.0 Å². The van der Waals surface area contributed by atoms with Crippen molar-refractivity contribution in [2.24, 2.45) is 0 Å². The van der Waals surface area contributed by atoms with Crippen LogP contribution in [0.25, 0.3) is 22.8 Å². The molecule has 0 aliphatic heterocycles. The second kappa shape index (κ2) is 4.73. The number of phenols is 1. The molecule has 100 valence electrons. The van der Waals surface area contributed by atoms with E-state index in [1.807, 2.05) is 0 Å². The topological polar surface area (TPSA) is 59.2 Å². The largest absolute Gasteiger partial charge is 0.508 e. The number of nitrogens with zero attached hydrogens (tertiary/aromatic N) is 2. The minimum absolute atomic E-state index is 0.0547. The zero-order valence-electron chi connectivity index (χ0n) is 10.0. The van der Waals surface area contributed by atoms with Gasteiger partial charge in [0.25, 0.3) is 5.89 Å². The fourth-order valence-electron chi connectivity index (χ4n) is 1.78. The number of phenolic OH excluding ortho intramolecular Hbond substituents is 1. The molecule has 0 bridgehead atoms. The summed E-state index contributed by atoms with van der Waals surface area (Å²) < 4.78 is 31.3. The molecular weight excluding hydrogens is 266 g/mol. The van der Waals surface area contributed by atoms with Crippen molar-refractivity contribution in [3.05, 3.63) is 54.1 Å². The molecule has 0 amide bonds. The molecule has 0 fully saturated rings. The van der Waals surface area contributed by atoms with E-state index in [1.54, 1.807) is 12.1 Å². The molecule has 0 spiro atoms. The summed E-state index contributed by atoms with van der Waals surface area (Å²) in [7, 11) is 0. The molecule has 0 unspecified atom stereocenters. The number of aromatic hydroxyl groups is 1. The van der Waals surface area contributed by atoms with Crippen molar-refractivity contribution in [3.63, 3.8) is 0 Å². The van der Waals surface area contributed by atoms with Gasteiger partial charge in [-0.3, -0.25) is 0 Å². The Kier molecular flexibility index (Phi) is 2.90. The predicted molar refractivity (Wildman–Crippen MR) is 66.8 cm³/mol. The smallest absolute Gasteiger partial charge is 0.258 e. The molecule has 0 atom stereocenters. The van der Waals surface area contributed by atoms with Crippen LogP contribution in [0, 0.1) is 11.6 Å². The number of hydrogen-bond donors (Lipinski definition) is 1. The Morgan fingerprint density at radius 2 is 1.70 bits per heavy atom. The molecule has 3 rings (SSSR count). The lowest BCUT2D eigenvalue weighted by Crippen LogP contribution is -1.86. The van der Waals surface area contributed by atoms with E-state index in [2.05, 4.69) is 10.1 Å². The first kappa shape index (κ1) is 12.3. The van der Waals surface area contributed by atoms with Gasteiger partial charge in [-0.1, -0.05) is 11.2 Å². The Balaban J connectivity index is 2.02. The molecule has 0 aliphatic rings. The quantitative estimate of drug-likeness (QED) is 0.778. The second-order valence-corrected chi connectivity index (χ2v) is 4.13. The summed E-state index contributed by atoms with van der Waals surface area (Å²) in [5.74, 6) is -1.16. The first-order valence-electron chi connectivity index (χ1n) is 5.71. The van der Waals surface area contributed by atoms with Gasteiger partial charge in [0.1, 0.15) is 17.4 Å². The Morgan fingerprint density at radius 1 is 0.950 bits per heavy atom. The first-order valence-corrected chi connectivity index (χ1v) is 5.71. The molecule has 0 saturated carbocycles. The normalized spacial score (nSPS) is 10.7. The Labute approximate surface area is 112 Å². The minimum Gasteiger partial charge on any atom is -0.508 e. The van der Waals surface area contributed by atoms with Crippen molar-refractivity contribution < 1.29 is 18.4 Å². The Morgan fingerprint density at radius 3 is 2.40 bits per heavy atom. The van der Waals surface area contributed by atoms with Crippen LogP contribution in [0.1, 0.15) is 0 Å². The number of halogens is 2. The van der Waals surface area contributed by atoms with E-state index in [9.17, 15) is 13.9 Å². The van der Waals surface area contributed by atoms with E-state index in [0.717, 1.165) is 18.2 Å². The summed E-state index contributed by atoms with van der Waals surface area (Å²) in [6.07, 6.45) is 0. The molecule has 1 N–H and O–H groups in total. The maximum absolute atomic E-state index is 13.1. The SMILES string of the molecule is Oc1cccc(-c2nc(-c3cc(F)cc(F)c3)no2)c1. The molecule has 6 heteroatoms. The number of benzene rings is 2. The van der Waals surface area contributed by atoms with Crippen LogP contribution in [0.5, 0.6) is 5.75 Å². The molecule has 2 aromatic carbocycles. The highest BCUT2D eigenvalue weighted by molar-refractivity contribution is 5.60. The fourth-order valence-corrected chi connectivity index (χ4v) is 1.78. The molecule has 20 heavy (non-hydrogen) atoms. The van der Waals surface area contributed by atoms with Gasteiger partial charge in [0.2, 0.25) is 5.82 Å². The molecule has 3 aromatic rings. The van der Waals surface area contributed by atoms with Crippen LogP contribution in [0.3, 0.4) is 0 Å². The predicted octanol–water partition coefficient (Wildman–Crippen LogP) is 3.39. The average molecular weight is 274 g/mol. The monoisotopic (exact) mass is 274 g/mol. The van der Waals surface area contributed by atoms with Crippen LogP contribution in [0.2, 0.25) is 0 Å². The molecular formula is C14H8F2N2O2. The zero-order valence-corrected chi connectivity index (χ0v) is 10.0. The molecule has 0 saturated heterocycles. The van der Waals surface area contributed by atoms with Crippen molar-refractivity contribution in [1.29, 1.82) is 0 Å². The van der Waals surface area contributed by atoms with E-state index in [0.29, 0.717) is 5.56 Å². The summed E-state index contributed by atoms with van der Waals surface area (Å²) in [4.78, 5) is 4.05. The lowest BCUT2D eigenvalue weighted by Gasteiger charge is -1.96. The van der Waals surface area contributed by atoms with Gasteiger partial charge in [0.05, 0.1) is 0 Å². The van der Waals surface area contributed by atoms with Gasteiger partial charge in [0, 0.05) is 17.2 Å². The molecule has 0 aliphatic carbocycles. The third-order valence-corrected chi connectivity index (χ3v) is 2.64. The second-order valence-electron chi connectivity index (χ2n) is 4.13. The van der Waals surface area contributed by atoms with Gasteiger partial charge in [-0.25, -0.2) is 8.78 Å². The Hall–Kier alpha value is -2.76. The van der Waals surface area contributed by atoms with Crippen molar-refractivity contribution >= 4 is 0 Å². The first-order chi connectivity index (χ1) is 9.61. The summed E-state index contributed by atoms with van der Waals surface area (Å²) in [5, 5.41) is 13.1. The summed E-state index contributed by atoms with van der Waals surface area (Å²) in [6.45, 7) is 0. The molecule has 1 aromatic heterocycles. The Bertz CT molecular complexity index is 751. The molecule has 4 nitrogen and oxygen atoms in total. The van der Waals surface area contributed by atoms with E-state index >= 15 is 0 Å². The highest BCUT2D eigenvalue weighted by Gasteiger charge is 2.12. The zero-order chi connectivity index (χ0) is 14.1. The molecule has 0 radical (unpaired) electrons. The maximum atomic E-state index is 13.1. The van der Waals surface area contributed by atoms with Crippen LogP contribution < -0.4 is 0 Å². The van der Waals surface area contributed by atoms with Crippen molar-refractivity contribution in [2.45, 2.75) is 0 Å². The van der Waals surface area contributed by atoms with Gasteiger partial charge >= 0.3 is 0 Å². The third-order valence-electron chi connectivity index (χ3n) is 2.64. The van der Waals surface area contributed by atoms with Gasteiger partial charge in [-0.2, -0.15) is 4.98 Å². The molecule has 1 heterocycles. The van der Waals surface area contributed by atoms with Crippen LogP contribution in [-0.2, 0) is 0 Å². The van der Waals surface area contributed by atoms with Gasteiger partial charge < -0.3 is 9.63 Å². The van der Waals surface area contributed by atoms with Crippen molar-refractivity contribution in [1.82, 2.24) is 10.1 Å². The summed E-state index contributed by atoms with van der Waals surface area (Å²) >= 11 is 0. The number of rotatable bonds is 2. The summed E-state index contributed by atoms with van der Waals surface area (Å²) in [5.41, 5.74) is 0.693. The van der Waals surface area contributed by atoms with Gasteiger partial charge in [-0.15, -0.1) is 0 Å². The van der Waals surface area contributed by atoms with Crippen molar-refractivity contribution in [3.8, 4) is 28.6 Å². The van der Waals surface area contributed by atoms with Crippen LogP contribution in [0.4, 0.5) is 8.78 Å². The maximum Gasteiger partial charge on any atom is 0.258 e. The highest BCUT2D eigenvalue weighted by Crippen LogP contribution is 2.25. The van der Waals surface area contributed by atoms with Gasteiger partial charge in [-0.05, 0) is 30.3 Å². The number of hydrogen-bond acceptors (Lipinski definition) is 4. The fraction of sp³-hybridized carbons (Fsp3) is 0. The lowest BCUT2D eigenvalue weighted by molar-refractivity contribution is 0.431. The van der Waals surface area contributed by atoms with Gasteiger partial charge in [0.15, 0.2) is 0 Å². The number of aromatic nitrogens is 2. The minimum atomic E-state index is -0.719. The van der Waals surface area contributed by atoms with Crippen LogP contribution in [-0.4, -0.2) is 15.2 Å². The average Bonchev–Trinajstić information content (AvgIpc) is 2.87. The van der Waals surface area contributed by atoms with Crippen LogP contribution >= 0.6 is 0 Å². The highest BCUT2D eigenvalue weighted by atomic mass is 19.1. The standard InChI is InChI=1S/C14H8F2N2O2/c15-10-4-9(5-11(16)7-10)13-17-14(20-18-13)8-2-1-3-12(19)6-8/h1-7,19H. The van der Waals surface area contributed by atoms with E-state index < -0.39 is 11.6 Å². The van der Waals surface area contributed by atoms with Crippen molar-refractivity contribution in [2.75, 3.05) is 0 Å². The lowest BCUT2D eigenvalue weighted by atomic mass is 10.2. The van der Waals surface area contributed by atoms with Crippen LogP contribution in [0.15, 0.2) is 47.0 Å². The third kappa shape index (κ3) is 2.35. The van der Waals surface area contributed by atoms with E-state index in [4.69, 9.17) is 4.52 Å².